The van der Waals surface area contributed by atoms with E-state index in [0.29, 0.717) is 6.54 Å². The second kappa shape index (κ2) is 7.61. The van der Waals surface area contributed by atoms with Crippen LogP contribution in [0.3, 0.4) is 0 Å². The fraction of sp³-hybridized carbons (Fsp3) is 0.0500. The SMILES string of the molecule is Clc1ccc(N(Cc2ccccc2)/N=C/c2ccccc2)cc1. The van der Waals surface area contributed by atoms with Crippen LogP contribution < -0.4 is 5.01 Å². The molecule has 2 nitrogen and oxygen atoms in total. The summed E-state index contributed by atoms with van der Waals surface area (Å²) < 4.78 is 0. The zero-order valence-electron chi connectivity index (χ0n) is 12.6. The van der Waals surface area contributed by atoms with Gasteiger partial charge in [0.15, 0.2) is 0 Å². The molecule has 0 radical (unpaired) electrons. The Labute approximate surface area is 141 Å². The maximum Gasteiger partial charge on any atom is 0.0666 e. The van der Waals surface area contributed by atoms with Crippen LogP contribution in [-0.2, 0) is 6.54 Å². The lowest BCUT2D eigenvalue weighted by molar-refractivity contribution is 0.858. The van der Waals surface area contributed by atoms with Crippen molar-refractivity contribution in [3.05, 3.63) is 101 Å². The molecule has 0 aliphatic heterocycles. The van der Waals surface area contributed by atoms with Gasteiger partial charge in [-0.1, -0.05) is 72.3 Å². The van der Waals surface area contributed by atoms with Crippen molar-refractivity contribution in [3.8, 4) is 0 Å². The van der Waals surface area contributed by atoms with Crippen molar-refractivity contribution >= 4 is 23.5 Å². The van der Waals surface area contributed by atoms with Crippen LogP contribution in [0.2, 0.25) is 5.02 Å². The number of anilines is 1. The number of hydrazone groups is 1. The highest BCUT2D eigenvalue weighted by Crippen LogP contribution is 2.20. The highest BCUT2D eigenvalue weighted by molar-refractivity contribution is 6.30. The Kier molecular flexibility index (Phi) is 5.07. The van der Waals surface area contributed by atoms with Crippen molar-refractivity contribution in [2.24, 2.45) is 5.10 Å². The summed E-state index contributed by atoms with van der Waals surface area (Å²) in [5.41, 5.74) is 3.28. The van der Waals surface area contributed by atoms with Gasteiger partial charge < -0.3 is 0 Å². The predicted octanol–water partition coefficient (Wildman–Crippen LogP) is 5.38. The van der Waals surface area contributed by atoms with E-state index < -0.39 is 0 Å². The van der Waals surface area contributed by atoms with Gasteiger partial charge in [0.05, 0.1) is 18.4 Å². The van der Waals surface area contributed by atoms with Crippen LogP contribution in [0.15, 0.2) is 90.0 Å². The Morgan fingerprint density at radius 3 is 2.04 bits per heavy atom. The van der Waals surface area contributed by atoms with E-state index >= 15 is 0 Å². The van der Waals surface area contributed by atoms with E-state index in [1.807, 2.05) is 84.0 Å². The van der Waals surface area contributed by atoms with Gasteiger partial charge in [0.25, 0.3) is 0 Å². The van der Waals surface area contributed by atoms with Crippen molar-refractivity contribution in [3.63, 3.8) is 0 Å². The first kappa shape index (κ1) is 15.3. The molecule has 0 spiro atoms. The maximum atomic E-state index is 5.99. The van der Waals surface area contributed by atoms with Crippen LogP contribution in [0.25, 0.3) is 0 Å². The van der Waals surface area contributed by atoms with E-state index in [2.05, 4.69) is 17.2 Å². The summed E-state index contributed by atoms with van der Waals surface area (Å²) in [4.78, 5) is 0. The average Bonchev–Trinajstić information content (AvgIpc) is 2.61. The minimum absolute atomic E-state index is 0.700. The van der Waals surface area contributed by atoms with E-state index in [1.54, 1.807) is 0 Å². The normalized spacial score (nSPS) is 10.8. The third-order valence-corrected chi connectivity index (χ3v) is 3.70. The molecule has 0 heterocycles. The molecule has 0 amide bonds. The monoisotopic (exact) mass is 320 g/mol. The Hall–Kier alpha value is -2.58. The molecule has 0 aliphatic rings. The van der Waals surface area contributed by atoms with Crippen LogP contribution in [0.1, 0.15) is 11.1 Å². The molecule has 0 N–H and O–H groups in total. The molecule has 0 atom stereocenters. The van der Waals surface area contributed by atoms with Crippen LogP contribution in [-0.4, -0.2) is 6.21 Å². The van der Waals surface area contributed by atoms with Crippen molar-refractivity contribution in [2.45, 2.75) is 6.54 Å². The van der Waals surface area contributed by atoms with E-state index in [4.69, 9.17) is 11.6 Å². The molecule has 0 fully saturated rings. The summed E-state index contributed by atoms with van der Waals surface area (Å²) >= 11 is 5.99. The number of hydrogen-bond donors (Lipinski definition) is 0. The molecule has 114 valence electrons. The lowest BCUT2D eigenvalue weighted by Crippen LogP contribution is -2.16. The van der Waals surface area contributed by atoms with Gasteiger partial charge in [-0.25, -0.2) is 0 Å². The Balaban J connectivity index is 1.86. The van der Waals surface area contributed by atoms with E-state index in [0.717, 1.165) is 16.3 Å². The van der Waals surface area contributed by atoms with Gasteiger partial charge in [0.2, 0.25) is 0 Å². The molecule has 3 aromatic carbocycles. The van der Waals surface area contributed by atoms with E-state index in [1.165, 1.54) is 5.56 Å². The fourth-order valence-electron chi connectivity index (χ4n) is 2.24. The summed E-state index contributed by atoms with van der Waals surface area (Å²) in [6.07, 6.45) is 1.87. The van der Waals surface area contributed by atoms with Gasteiger partial charge in [-0.2, -0.15) is 5.10 Å². The Bertz CT molecular complexity index is 753. The van der Waals surface area contributed by atoms with Gasteiger partial charge in [-0.15, -0.1) is 0 Å². The van der Waals surface area contributed by atoms with Gasteiger partial charge in [0.1, 0.15) is 0 Å². The number of hydrogen-bond acceptors (Lipinski definition) is 2. The molecule has 23 heavy (non-hydrogen) atoms. The lowest BCUT2D eigenvalue weighted by atomic mass is 10.2. The van der Waals surface area contributed by atoms with E-state index in [-0.39, 0.29) is 0 Å². The van der Waals surface area contributed by atoms with Crippen LogP contribution in [0.4, 0.5) is 5.69 Å². The number of nitrogens with zero attached hydrogens (tertiary/aromatic N) is 2. The minimum Gasteiger partial charge on any atom is -0.261 e. The second-order valence-corrected chi connectivity index (χ2v) is 5.61. The molecule has 3 rings (SSSR count). The molecule has 0 bridgehead atoms. The largest absolute Gasteiger partial charge is 0.261 e. The van der Waals surface area contributed by atoms with Crippen LogP contribution >= 0.6 is 11.6 Å². The first-order chi connectivity index (χ1) is 11.3. The summed E-state index contributed by atoms with van der Waals surface area (Å²) in [7, 11) is 0. The van der Waals surface area contributed by atoms with Gasteiger partial charge in [0, 0.05) is 5.02 Å². The molecule has 3 aromatic rings. The van der Waals surface area contributed by atoms with Crippen LogP contribution in [0, 0.1) is 0 Å². The van der Waals surface area contributed by atoms with E-state index in [9.17, 15) is 0 Å². The van der Waals surface area contributed by atoms with Crippen molar-refractivity contribution in [1.29, 1.82) is 0 Å². The summed E-state index contributed by atoms with van der Waals surface area (Å²) in [6.45, 7) is 0.700. The smallest absolute Gasteiger partial charge is 0.0666 e. The molecule has 0 saturated heterocycles. The highest BCUT2D eigenvalue weighted by atomic mass is 35.5. The third kappa shape index (κ3) is 4.44. The molecule has 0 aromatic heterocycles. The fourth-order valence-corrected chi connectivity index (χ4v) is 2.37. The maximum absolute atomic E-state index is 5.99. The zero-order chi connectivity index (χ0) is 15.9. The molecule has 3 heteroatoms. The Morgan fingerprint density at radius 1 is 0.783 bits per heavy atom. The van der Waals surface area contributed by atoms with Crippen LogP contribution in [0.5, 0.6) is 0 Å². The quantitative estimate of drug-likeness (QED) is 0.455. The van der Waals surface area contributed by atoms with Crippen molar-refractivity contribution in [2.75, 3.05) is 5.01 Å². The molecule has 0 unspecified atom stereocenters. The van der Waals surface area contributed by atoms with Crippen molar-refractivity contribution < 1.29 is 0 Å². The minimum atomic E-state index is 0.700. The van der Waals surface area contributed by atoms with Gasteiger partial charge >= 0.3 is 0 Å². The average molecular weight is 321 g/mol. The number of benzene rings is 3. The molecular formula is C20H17ClN2. The summed E-state index contributed by atoms with van der Waals surface area (Å²) in [6, 6.07) is 28.1. The predicted molar refractivity (Wildman–Crippen MR) is 98.1 cm³/mol. The molecule has 0 aliphatic carbocycles. The third-order valence-electron chi connectivity index (χ3n) is 3.45. The zero-order valence-corrected chi connectivity index (χ0v) is 13.4. The topological polar surface area (TPSA) is 15.6 Å². The first-order valence-corrected chi connectivity index (χ1v) is 7.85. The van der Waals surface area contributed by atoms with Gasteiger partial charge in [-0.3, -0.25) is 5.01 Å². The first-order valence-electron chi connectivity index (χ1n) is 7.47. The highest BCUT2D eigenvalue weighted by Gasteiger charge is 2.05. The lowest BCUT2D eigenvalue weighted by Gasteiger charge is -2.19. The summed E-state index contributed by atoms with van der Waals surface area (Å²) in [5.74, 6) is 0. The standard InChI is InChI=1S/C20H17ClN2/c21-19-11-13-20(14-12-19)23(16-18-9-5-2-6-10-18)22-15-17-7-3-1-4-8-17/h1-15H,16H2/b22-15+. The van der Waals surface area contributed by atoms with Crippen molar-refractivity contribution in [1.82, 2.24) is 0 Å². The second-order valence-electron chi connectivity index (χ2n) is 5.17. The Morgan fingerprint density at radius 2 is 1.39 bits per heavy atom. The number of halogens is 1. The summed E-state index contributed by atoms with van der Waals surface area (Å²) in [5, 5.41) is 7.35. The molecular weight excluding hydrogens is 304 g/mol. The number of rotatable bonds is 5. The molecule has 0 saturated carbocycles. The van der Waals surface area contributed by atoms with Gasteiger partial charge in [-0.05, 0) is 35.4 Å².